The zero-order valence-electron chi connectivity index (χ0n) is 9.37. The fourth-order valence-corrected chi connectivity index (χ4v) is 1.10. The molecule has 0 aromatic carbocycles. The van der Waals surface area contributed by atoms with Crippen LogP contribution in [-0.4, -0.2) is 22.4 Å². The summed E-state index contributed by atoms with van der Waals surface area (Å²) in [5.74, 6) is 0.745. The van der Waals surface area contributed by atoms with Crippen LogP contribution in [0.2, 0.25) is 0 Å². The molecule has 0 bridgehead atoms. The van der Waals surface area contributed by atoms with Crippen molar-refractivity contribution in [1.29, 1.82) is 0 Å². The molecular formula is C10H16N4. The van der Waals surface area contributed by atoms with E-state index in [9.17, 15) is 0 Å². The van der Waals surface area contributed by atoms with Gasteiger partial charge in [0.2, 0.25) is 5.69 Å². The van der Waals surface area contributed by atoms with Gasteiger partial charge in [-0.1, -0.05) is 0 Å². The lowest BCUT2D eigenvalue weighted by molar-refractivity contribution is 0.531. The molecule has 4 nitrogen and oxygen atoms in total. The Bertz CT molecular complexity index is 364. The molecule has 0 aliphatic rings. The molecule has 0 saturated carbocycles. The molecule has 76 valence electrons. The van der Waals surface area contributed by atoms with Gasteiger partial charge in [-0.3, -0.25) is 4.68 Å². The highest BCUT2D eigenvalue weighted by molar-refractivity contribution is 5.66. The van der Waals surface area contributed by atoms with Crippen LogP contribution in [0.5, 0.6) is 0 Å². The molecular weight excluding hydrogens is 176 g/mol. The van der Waals surface area contributed by atoms with Crippen LogP contribution in [0.1, 0.15) is 20.8 Å². The van der Waals surface area contributed by atoms with E-state index in [1.165, 1.54) is 0 Å². The van der Waals surface area contributed by atoms with Gasteiger partial charge in [-0.2, -0.15) is 5.10 Å². The smallest absolute Gasteiger partial charge is 0.247 e. The molecule has 14 heavy (non-hydrogen) atoms. The van der Waals surface area contributed by atoms with E-state index in [4.69, 9.17) is 6.57 Å². The predicted octanol–water partition coefficient (Wildman–Crippen LogP) is 2.21. The van der Waals surface area contributed by atoms with Gasteiger partial charge in [-0.15, -0.1) is 0 Å². The van der Waals surface area contributed by atoms with Crippen molar-refractivity contribution >= 4 is 11.5 Å². The summed E-state index contributed by atoms with van der Waals surface area (Å²) in [6, 6.07) is 0. The molecule has 0 unspecified atom stereocenters. The Labute approximate surface area is 85.0 Å². The van der Waals surface area contributed by atoms with Gasteiger partial charge < -0.3 is 4.90 Å². The second-order valence-electron chi connectivity index (χ2n) is 4.35. The van der Waals surface area contributed by atoms with Gasteiger partial charge in [0, 0.05) is 25.8 Å². The van der Waals surface area contributed by atoms with E-state index < -0.39 is 0 Å². The van der Waals surface area contributed by atoms with Gasteiger partial charge in [0.1, 0.15) is 0 Å². The fourth-order valence-electron chi connectivity index (χ4n) is 1.10. The summed E-state index contributed by atoms with van der Waals surface area (Å²) in [6.45, 7) is 13.3. The van der Waals surface area contributed by atoms with E-state index in [1.807, 2.05) is 19.0 Å². The monoisotopic (exact) mass is 192 g/mol. The Hall–Kier alpha value is -1.50. The van der Waals surface area contributed by atoms with Crippen LogP contribution in [0, 0.1) is 6.57 Å². The minimum Gasteiger partial charge on any atom is -0.362 e. The highest BCUT2D eigenvalue weighted by Crippen LogP contribution is 2.29. The van der Waals surface area contributed by atoms with Crippen LogP contribution < -0.4 is 4.90 Å². The minimum absolute atomic E-state index is 0.0200. The summed E-state index contributed by atoms with van der Waals surface area (Å²) < 4.78 is 1.67. The largest absolute Gasteiger partial charge is 0.362 e. The maximum atomic E-state index is 7.04. The minimum atomic E-state index is -0.0200. The maximum Gasteiger partial charge on any atom is 0.247 e. The summed E-state index contributed by atoms with van der Waals surface area (Å²) >= 11 is 0. The van der Waals surface area contributed by atoms with E-state index in [0.29, 0.717) is 5.69 Å². The van der Waals surface area contributed by atoms with Crippen molar-refractivity contribution in [3.63, 3.8) is 0 Å². The molecule has 4 heteroatoms. The molecule has 1 aromatic rings. The topological polar surface area (TPSA) is 25.4 Å². The number of anilines is 1. The molecule has 0 aliphatic heterocycles. The lowest BCUT2D eigenvalue weighted by Gasteiger charge is -2.32. The average molecular weight is 192 g/mol. The number of nitrogens with zero attached hydrogens (tertiary/aromatic N) is 4. The second-order valence-corrected chi connectivity index (χ2v) is 4.35. The number of hydrogen-bond acceptors (Lipinski definition) is 2. The summed E-state index contributed by atoms with van der Waals surface area (Å²) in [5, 5.41) is 4.28. The predicted molar refractivity (Wildman–Crippen MR) is 57.6 cm³/mol. The lowest BCUT2D eigenvalue weighted by Crippen LogP contribution is -2.38. The summed E-state index contributed by atoms with van der Waals surface area (Å²) in [6.07, 6.45) is 1.74. The third-order valence-electron chi connectivity index (χ3n) is 2.24. The van der Waals surface area contributed by atoms with Gasteiger partial charge in [0.25, 0.3) is 0 Å². The van der Waals surface area contributed by atoms with Gasteiger partial charge in [-0.25, -0.2) is 4.85 Å². The molecule has 0 amide bonds. The summed E-state index contributed by atoms with van der Waals surface area (Å²) in [7, 11) is 3.78. The Morgan fingerprint density at radius 3 is 2.50 bits per heavy atom. The SMILES string of the molecule is [C-]#[N+]c1cn(C)nc1N(C)C(C)(C)C. The number of hydrogen-bond donors (Lipinski definition) is 0. The first-order chi connectivity index (χ1) is 6.36. The van der Waals surface area contributed by atoms with Crippen LogP contribution in [-0.2, 0) is 7.05 Å². The Kier molecular flexibility index (Phi) is 2.52. The lowest BCUT2D eigenvalue weighted by atomic mass is 10.1. The van der Waals surface area contributed by atoms with E-state index in [-0.39, 0.29) is 5.54 Å². The third-order valence-corrected chi connectivity index (χ3v) is 2.24. The van der Waals surface area contributed by atoms with Crippen LogP contribution in [0.3, 0.4) is 0 Å². The fraction of sp³-hybridized carbons (Fsp3) is 0.600. The van der Waals surface area contributed by atoms with Crippen LogP contribution in [0.4, 0.5) is 11.5 Å². The number of aromatic nitrogens is 2. The van der Waals surface area contributed by atoms with Crippen molar-refractivity contribution in [1.82, 2.24) is 9.78 Å². The molecule has 1 aromatic heterocycles. The first-order valence-electron chi connectivity index (χ1n) is 4.51. The van der Waals surface area contributed by atoms with Crippen LogP contribution in [0.25, 0.3) is 4.85 Å². The Morgan fingerprint density at radius 2 is 2.07 bits per heavy atom. The van der Waals surface area contributed by atoms with Crippen molar-refractivity contribution in [3.05, 3.63) is 17.6 Å². The Balaban J connectivity index is 3.13. The molecule has 0 fully saturated rings. The highest BCUT2D eigenvalue weighted by atomic mass is 15.4. The molecule has 0 saturated heterocycles. The molecule has 1 heterocycles. The van der Waals surface area contributed by atoms with Crippen molar-refractivity contribution in [2.45, 2.75) is 26.3 Å². The normalized spacial score (nSPS) is 11.1. The Morgan fingerprint density at radius 1 is 1.50 bits per heavy atom. The molecule has 0 aliphatic carbocycles. The van der Waals surface area contributed by atoms with Crippen molar-refractivity contribution in [2.75, 3.05) is 11.9 Å². The van der Waals surface area contributed by atoms with Crippen molar-refractivity contribution < 1.29 is 0 Å². The van der Waals surface area contributed by atoms with E-state index in [0.717, 1.165) is 5.82 Å². The summed E-state index contributed by atoms with van der Waals surface area (Å²) in [4.78, 5) is 5.47. The van der Waals surface area contributed by atoms with Crippen molar-refractivity contribution in [2.24, 2.45) is 7.05 Å². The standard InChI is InChI=1S/C10H16N4/c1-10(2,3)14(6)9-8(11-4)7-13(5)12-9/h7H,1-3,5-6H3. The van der Waals surface area contributed by atoms with Crippen molar-refractivity contribution in [3.8, 4) is 0 Å². The van der Waals surface area contributed by atoms with E-state index in [1.54, 1.807) is 10.9 Å². The maximum absolute atomic E-state index is 7.04. The zero-order valence-corrected chi connectivity index (χ0v) is 9.37. The zero-order chi connectivity index (χ0) is 10.9. The molecule has 0 spiro atoms. The number of aryl methyl sites for hydroxylation is 1. The van der Waals surface area contributed by atoms with Crippen LogP contribution >= 0.6 is 0 Å². The quantitative estimate of drug-likeness (QED) is 0.637. The van der Waals surface area contributed by atoms with Gasteiger partial charge in [0.15, 0.2) is 5.82 Å². The third kappa shape index (κ3) is 1.87. The molecule has 0 N–H and O–H groups in total. The molecule has 0 atom stereocenters. The highest BCUT2D eigenvalue weighted by Gasteiger charge is 2.22. The van der Waals surface area contributed by atoms with Gasteiger partial charge in [0.05, 0.1) is 6.57 Å². The first kappa shape index (κ1) is 10.6. The summed E-state index contributed by atoms with van der Waals surface area (Å²) in [5.41, 5.74) is 0.582. The van der Waals surface area contributed by atoms with Gasteiger partial charge >= 0.3 is 0 Å². The second kappa shape index (κ2) is 3.33. The molecule has 0 radical (unpaired) electrons. The average Bonchev–Trinajstić information content (AvgIpc) is 2.43. The van der Waals surface area contributed by atoms with E-state index >= 15 is 0 Å². The van der Waals surface area contributed by atoms with Gasteiger partial charge in [-0.05, 0) is 20.8 Å². The molecule has 1 rings (SSSR count). The first-order valence-corrected chi connectivity index (χ1v) is 4.51. The number of rotatable bonds is 1. The van der Waals surface area contributed by atoms with E-state index in [2.05, 4.69) is 30.7 Å². The van der Waals surface area contributed by atoms with Crippen LogP contribution in [0.15, 0.2) is 6.20 Å².